The van der Waals surface area contributed by atoms with Gasteiger partial charge in [0.25, 0.3) is 11.5 Å². The molecule has 5 heterocycles. The van der Waals surface area contributed by atoms with E-state index in [1.807, 2.05) is 31.2 Å². The second-order valence-electron chi connectivity index (χ2n) is 8.76. The molecule has 0 saturated heterocycles. The second-order valence-corrected chi connectivity index (χ2v) is 9.76. The van der Waals surface area contributed by atoms with Crippen LogP contribution in [0.15, 0.2) is 29.1 Å². The van der Waals surface area contributed by atoms with E-state index in [2.05, 4.69) is 25.1 Å². The number of aromatic nitrogens is 5. The zero-order valence-electron chi connectivity index (χ0n) is 18.4. The third-order valence-corrected chi connectivity index (χ3v) is 7.79. The summed E-state index contributed by atoms with van der Waals surface area (Å²) in [4.78, 5) is 32.0. The van der Waals surface area contributed by atoms with Gasteiger partial charge in [0.1, 0.15) is 16.5 Å². The molecule has 1 N–H and O–H groups in total. The Morgan fingerprint density at radius 3 is 2.79 bits per heavy atom. The zero-order valence-corrected chi connectivity index (χ0v) is 19.2. The van der Waals surface area contributed by atoms with Crippen molar-refractivity contribution >= 4 is 33.1 Å². The summed E-state index contributed by atoms with van der Waals surface area (Å²) < 4.78 is 3.94. The summed E-state index contributed by atoms with van der Waals surface area (Å²) in [6.07, 6.45) is 6.17. The Morgan fingerprint density at radius 1 is 1.03 bits per heavy atom. The molecule has 0 bridgehead atoms. The average molecular weight is 461 g/mol. The lowest BCUT2D eigenvalue weighted by molar-refractivity contribution is 0.103. The predicted octanol–water partition coefficient (Wildman–Crippen LogP) is 3.95. The fourth-order valence-corrected chi connectivity index (χ4v) is 6.00. The molecule has 9 heteroatoms. The maximum absolute atomic E-state index is 13.2. The first kappa shape index (κ1) is 20.3. The van der Waals surface area contributed by atoms with E-state index in [9.17, 15) is 9.59 Å². The van der Waals surface area contributed by atoms with Crippen molar-refractivity contribution in [2.75, 3.05) is 5.32 Å². The van der Waals surface area contributed by atoms with Crippen LogP contribution >= 0.6 is 11.3 Å². The van der Waals surface area contributed by atoms with E-state index in [0.29, 0.717) is 32.9 Å². The number of anilines is 1. The molecule has 33 heavy (non-hydrogen) atoms. The number of fused-ring (bicyclic) bond motifs is 3. The van der Waals surface area contributed by atoms with Crippen LogP contribution in [-0.2, 0) is 25.9 Å². The SMILES string of the molecule is Cc1c(C(=O)Nc2cccc(-c3nnc4n3CCCCC4)c2)sc2nc3n(c(=O)c12)CCC3. The first-order valence-electron chi connectivity index (χ1n) is 11.5. The normalized spacial score (nSPS) is 15.3. The maximum atomic E-state index is 13.2. The molecule has 4 aromatic rings. The van der Waals surface area contributed by atoms with Crippen molar-refractivity contribution in [1.82, 2.24) is 24.3 Å². The highest BCUT2D eigenvalue weighted by molar-refractivity contribution is 7.20. The molecule has 1 aromatic carbocycles. The van der Waals surface area contributed by atoms with Crippen molar-refractivity contribution in [3.05, 3.63) is 56.7 Å². The Bertz CT molecular complexity index is 1460. The number of hydrogen-bond donors (Lipinski definition) is 1. The lowest BCUT2D eigenvalue weighted by atomic mass is 10.1. The van der Waals surface area contributed by atoms with Gasteiger partial charge in [-0.15, -0.1) is 21.5 Å². The van der Waals surface area contributed by atoms with Gasteiger partial charge in [0.2, 0.25) is 0 Å². The Labute approximate surface area is 194 Å². The number of amides is 1. The van der Waals surface area contributed by atoms with Gasteiger partial charge < -0.3 is 9.88 Å². The van der Waals surface area contributed by atoms with Crippen LogP contribution in [0.4, 0.5) is 5.69 Å². The van der Waals surface area contributed by atoms with Crippen molar-refractivity contribution in [1.29, 1.82) is 0 Å². The smallest absolute Gasteiger partial charge is 0.266 e. The van der Waals surface area contributed by atoms with Gasteiger partial charge in [0, 0.05) is 37.2 Å². The first-order valence-corrected chi connectivity index (χ1v) is 12.3. The van der Waals surface area contributed by atoms with Gasteiger partial charge in [-0.25, -0.2) is 4.98 Å². The van der Waals surface area contributed by atoms with Crippen LogP contribution < -0.4 is 10.9 Å². The number of carbonyl (C=O) groups is 1. The van der Waals surface area contributed by atoms with Crippen LogP contribution in [0.2, 0.25) is 0 Å². The van der Waals surface area contributed by atoms with Crippen LogP contribution in [0.3, 0.4) is 0 Å². The van der Waals surface area contributed by atoms with Gasteiger partial charge in [0.15, 0.2) is 5.82 Å². The molecule has 0 atom stereocenters. The molecular formula is C24H24N6O2S. The van der Waals surface area contributed by atoms with Crippen molar-refractivity contribution in [3.8, 4) is 11.4 Å². The van der Waals surface area contributed by atoms with Crippen molar-refractivity contribution in [3.63, 3.8) is 0 Å². The van der Waals surface area contributed by atoms with Gasteiger partial charge >= 0.3 is 0 Å². The minimum absolute atomic E-state index is 0.0326. The summed E-state index contributed by atoms with van der Waals surface area (Å²) in [5.74, 6) is 2.47. The van der Waals surface area contributed by atoms with E-state index in [1.165, 1.54) is 17.8 Å². The Kier molecular flexibility index (Phi) is 4.86. The third kappa shape index (κ3) is 3.38. The van der Waals surface area contributed by atoms with Crippen molar-refractivity contribution in [2.24, 2.45) is 0 Å². The molecule has 3 aromatic heterocycles. The van der Waals surface area contributed by atoms with Gasteiger partial charge in [-0.05, 0) is 43.9 Å². The molecule has 0 spiro atoms. The minimum Gasteiger partial charge on any atom is -0.321 e. The van der Waals surface area contributed by atoms with E-state index in [0.717, 1.165) is 61.7 Å². The van der Waals surface area contributed by atoms with E-state index in [-0.39, 0.29) is 11.5 Å². The number of aryl methyl sites for hydroxylation is 3. The third-order valence-electron chi connectivity index (χ3n) is 6.61. The molecular weight excluding hydrogens is 436 g/mol. The number of thiophene rings is 1. The average Bonchev–Trinajstić information content (AvgIpc) is 3.48. The van der Waals surface area contributed by atoms with E-state index in [4.69, 9.17) is 0 Å². The lowest BCUT2D eigenvalue weighted by Gasteiger charge is -2.09. The van der Waals surface area contributed by atoms with E-state index < -0.39 is 0 Å². The molecule has 1 amide bonds. The molecule has 0 fully saturated rings. The van der Waals surface area contributed by atoms with E-state index >= 15 is 0 Å². The number of nitrogens with zero attached hydrogens (tertiary/aromatic N) is 5. The molecule has 8 nitrogen and oxygen atoms in total. The molecule has 2 aliphatic heterocycles. The van der Waals surface area contributed by atoms with Gasteiger partial charge in [-0.2, -0.15) is 0 Å². The first-order chi connectivity index (χ1) is 16.1. The van der Waals surface area contributed by atoms with Crippen LogP contribution in [0.1, 0.15) is 52.6 Å². The summed E-state index contributed by atoms with van der Waals surface area (Å²) in [6, 6.07) is 7.71. The highest BCUT2D eigenvalue weighted by Crippen LogP contribution is 2.30. The Hall–Kier alpha value is -3.33. The summed E-state index contributed by atoms with van der Waals surface area (Å²) in [5, 5.41) is 12.4. The number of rotatable bonds is 3. The molecule has 168 valence electrons. The molecule has 2 aliphatic rings. The predicted molar refractivity (Wildman–Crippen MR) is 128 cm³/mol. The monoisotopic (exact) mass is 460 g/mol. The van der Waals surface area contributed by atoms with Crippen molar-refractivity contribution in [2.45, 2.75) is 58.5 Å². The van der Waals surface area contributed by atoms with Crippen LogP contribution in [0.5, 0.6) is 0 Å². The van der Waals surface area contributed by atoms with Crippen molar-refractivity contribution < 1.29 is 4.79 Å². The largest absolute Gasteiger partial charge is 0.321 e. The summed E-state index contributed by atoms with van der Waals surface area (Å²) >= 11 is 1.29. The van der Waals surface area contributed by atoms with E-state index in [1.54, 1.807) is 4.57 Å². The fourth-order valence-electron chi connectivity index (χ4n) is 4.91. The highest BCUT2D eigenvalue weighted by atomic mass is 32.1. The molecule has 0 aliphatic carbocycles. The standard InChI is InChI=1S/C24H24N6O2S/c1-14-19-23(26-17-10-6-12-30(17)24(19)32)33-20(14)22(31)25-16-8-5-7-15(13-16)21-28-27-18-9-3-2-4-11-29(18)21/h5,7-8,13H,2-4,6,9-12H2,1H3,(H,25,31). The molecule has 6 rings (SSSR count). The van der Waals surface area contributed by atoms with Gasteiger partial charge in [-0.1, -0.05) is 18.6 Å². The zero-order chi connectivity index (χ0) is 22.5. The highest BCUT2D eigenvalue weighted by Gasteiger charge is 2.23. The second kappa shape index (κ2) is 7.91. The maximum Gasteiger partial charge on any atom is 0.266 e. The summed E-state index contributed by atoms with van der Waals surface area (Å²) in [7, 11) is 0. The Balaban J connectivity index is 1.32. The number of hydrogen-bond acceptors (Lipinski definition) is 6. The molecule has 0 radical (unpaired) electrons. The van der Waals surface area contributed by atoms with Crippen LogP contribution in [0, 0.1) is 6.92 Å². The number of carbonyl (C=O) groups excluding carboxylic acids is 1. The summed E-state index contributed by atoms with van der Waals surface area (Å²) in [5.41, 5.74) is 2.28. The topological polar surface area (TPSA) is 94.7 Å². The van der Waals surface area contributed by atoms with Crippen LogP contribution in [-0.4, -0.2) is 30.2 Å². The van der Waals surface area contributed by atoms with Gasteiger partial charge in [-0.3, -0.25) is 14.2 Å². The molecule has 0 saturated carbocycles. The Morgan fingerprint density at radius 2 is 1.88 bits per heavy atom. The fraction of sp³-hybridized carbons (Fsp3) is 0.375. The van der Waals surface area contributed by atoms with Crippen LogP contribution in [0.25, 0.3) is 21.6 Å². The number of nitrogens with one attached hydrogen (secondary N) is 1. The van der Waals surface area contributed by atoms with Gasteiger partial charge in [0.05, 0.1) is 10.3 Å². The quantitative estimate of drug-likeness (QED) is 0.500. The number of benzene rings is 1. The lowest BCUT2D eigenvalue weighted by Crippen LogP contribution is -2.20. The summed E-state index contributed by atoms with van der Waals surface area (Å²) in [6.45, 7) is 3.45. The molecule has 0 unspecified atom stereocenters. The minimum atomic E-state index is -0.225.